The van der Waals surface area contributed by atoms with Gasteiger partial charge in [-0.05, 0) is 25.0 Å². The lowest BCUT2D eigenvalue weighted by Crippen LogP contribution is -2.20. The van der Waals surface area contributed by atoms with Crippen molar-refractivity contribution in [2.75, 3.05) is 0 Å². The molecule has 0 amide bonds. The van der Waals surface area contributed by atoms with Gasteiger partial charge in [0.25, 0.3) is 0 Å². The lowest BCUT2D eigenvalue weighted by molar-refractivity contribution is -0.149. The minimum Gasteiger partial charge on any atom is -0.460 e. The van der Waals surface area contributed by atoms with E-state index in [0.29, 0.717) is 16.9 Å². The van der Waals surface area contributed by atoms with E-state index in [1.54, 1.807) is 0 Å². The quantitative estimate of drug-likeness (QED) is 0.747. The molecule has 1 heterocycles. The van der Waals surface area contributed by atoms with Crippen LogP contribution in [0.15, 0.2) is 42.5 Å². The summed E-state index contributed by atoms with van der Waals surface area (Å²) < 4.78 is 31.1. The molecule has 1 aliphatic heterocycles. The highest BCUT2D eigenvalue weighted by molar-refractivity contribution is 5.72. The van der Waals surface area contributed by atoms with Crippen LogP contribution >= 0.6 is 0 Å². The molecule has 1 fully saturated rings. The molecule has 1 atom stereocenters. The zero-order chi connectivity index (χ0) is 17.9. The van der Waals surface area contributed by atoms with Crippen LogP contribution in [-0.2, 0) is 27.5 Å². The third-order valence-corrected chi connectivity index (χ3v) is 4.95. The Bertz CT molecular complexity index is 784. The van der Waals surface area contributed by atoms with E-state index in [2.05, 4.69) is 0 Å². The van der Waals surface area contributed by atoms with Crippen molar-refractivity contribution in [2.24, 2.45) is 5.92 Å². The third-order valence-electron chi connectivity index (χ3n) is 4.95. The van der Waals surface area contributed by atoms with E-state index in [-0.39, 0.29) is 30.9 Å². The molecule has 2 aliphatic rings. The van der Waals surface area contributed by atoms with Gasteiger partial charge in [0, 0.05) is 16.7 Å². The summed E-state index contributed by atoms with van der Waals surface area (Å²) in [5.74, 6) is -0.0698. The molecule has 26 heavy (non-hydrogen) atoms. The summed E-state index contributed by atoms with van der Waals surface area (Å²) in [6.45, 7) is 0.257. The van der Waals surface area contributed by atoms with E-state index in [0.717, 1.165) is 31.2 Å². The summed E-state index contributed by atoms with van der Waals surface area (Å²) in [6.07, 6.45) is 3.32. The Morgan fingerprint density at radius 3 is 2.69 bits per heavy atom. The highest BCUT2D eigenvalue weighted by atomic mass is 19.1. The van der Waals surface area contributed by atoms with Crippen LogP contribution in [0.4, 0.5) is 4.39 Å². The van der Waals surface area contributed by atoms with E-state index >= 15 is 0 Å². The molecule has 0 saturated heterocycles. The summed E-state index contributed by atoms with van der Waals surface area (Å²) in [7, 11) is 0. The molecule has 0 aromatic heterocycles. The molecule has 0 unspecified atom stereocenters. The molecular weight excluding hydrogens is 335 g/mol. The van der Waals surface area contributed by atoms with E-state index < -0.39 is 6.29 Å². The molecule has 136 valence electrons. The Hall–Kier alpha value is -2.40. The van der Waals surface area contributed by atoms with Gasteiger partial charge in [0.1, 0.15) is 18.2 Å². The van der Waals surface area contributed by atoms with Crippen LogP contribution in [0.5, 0.6) is 5.75 Å². The summed E-state index contributed by atoms with van der Waals surface area (Å²) in [5, 5.41) is 0. The van der Waals surface area contributed by atoms with Gasteiger partial charge in [-0.1, -0.05) is 43.2 Å². The van der Waals surface area contributed by atoms with Gasteiger partial charge in [0.05, 0.1) is 12.5 Å². The van der Waals surface area contributed by atoms with Crippen molar-refractivity contribution in [3.63, 3.8) is 0 Å². The average Bonchev–Trinajstić information content (AvgIpc) is 3.21. The van der Waals surface area contributed by atoms with Crippen molar-refractivity contribution >= 4 is 5.97 Å². The monoisotopic (exact) mass is 356 g/mol. The van der Waals surface area contributed by atoms with Crippen LogP contribution < -0.4 is 4.74 Å². The van der Waals surface area contributed by atoms with Crippen LogP contribution in [-0.4, -0.2) is 5.97 Å². The highest BCUT2D eigenvalue weighted by Crippen LogP contribution is 2.37. The van der Waals surface area contributed by atoms with Gasteiger partial charge < -0.3 is 14.2 Å². The zero-order valence-electron chi connectivity index (χ0n) is 14.4. The average molecular weight is 356 g/mol. The van der Waals surface area contributed by atoms with Crippen molar-refractivity contribution in [1.82, 2.24) is 0 Å². The molecule has 1 aliphatic carbocycles. The van der Waals surface area contributed by atoms with E-state index in [9.17, 15) is 9.18 Å². The fourth-order valence-corrected chi connectivity index (χ4v) is 3.59. The molecule has 0 bridgehead atoms. The summed E-state index contributed by atoms with van der Waals surface area (Å²) >= 11 is 0. The highest BCUT2D eigenvalue weighted by Gasteiger charge is 2.27. The van der Waals surface area contributed by atoms with Crippen molar-refractivity contribution in [1.29, 1.82) is 0 Å². The SMILES string of the molecule is O=C(OCc1cc(F)cc2c1O[C@@H](c1ccccc1)OC2)C1CCCC1. The van der Waals surface area contributed by atoms with Gasteiger partial charge in [-0.15, -0.1) is 0 Å². The molecule has 2 aromatic carbocycles. The molecule has 0 radical (unpaired) electrons. The van der Waals surface area contributed by atoms with Gasteiger partial charge in [0.2, 0.25) is 6.29 Å². The first-order chi connectivity index (χ1) is 12.7. The maximum atomic E-state index is 13.9. The lowest BCUT2D eigenvalue weighted by atomic mass is 10.1. The summed E-state index contributed by atoms with van der Waals surface area (Å²) in [5.41, 5.74) is 2.05. The fourth-order valence-electron chi connectivity index (χ4n) is 3.59. The number of benzene rings is 2. The minimum atomic E-state index is -0.557. The number of hydrogen-bond acceptors (Lipinski definition) is 4. The van der Waals surface area contributed by atoms with Crippen LogP contribution in [0.3, 0.4) is 0 Å². The molecule has 4 rings (SSSR count). The van der Waals surface area contributed by atoms with E-state index in [1.807, 2.05) is 30.3 Å². The maximum Gasteiger partial charge on any atom is 0.309 e. The van der Waals surface area contributed by atoms with Gasteiger partial charge in [-0.3, -0.25) is 4.79 Å². The van der Waals surface area contributed by atoms with Gasteiger partial charge in [-0.2, -0.15) is 0 Å². The number of carbonyl (C=O) groups is 1. The van der Waals surface area contributed by atoms with Crippen molar-refractivity contribution < 1.29 is 23.4 Å². The van der Waals surface area contributed by atoms with Crippen molar-refractivity contribution in [2.45, 2.75) is 45.2 Å². The Labute approximate surface area is 151 Å². The number of fused-ring (bicyclic) bond motifs is 1. The number of rotatable bonds is 4. The standard InChI is InChI=1S/C21H21FO4/c22-18-10-16(12-24-20(23)14-6-4-5-7-14)19-17(11-18)13-25-21(26-19)15-8-2-1-3-9-15/h1-3,8-11,14,21H,4-7,12-13H2/t21-/m0/s1. The van der Waals surface area contributed by atoms with Gasteiger partial charge >= 0.3 is 5.97 Å². The van der Waals surface area contributed by atoms with Crippen LogP contribution in [0.25, 0.3) is 0 Å². The number of esters is 1. The second-order valence-electron chi connectivity index (χ2n) is 6.81. The Morgan fingerprint density at radius 2 is 1.92 bits per heavy atom. The second kappa shape index (κ2) is 7.46. The smallest absolute Gasteiger partial charge is 0.309 e. The Kier molecular flexibility index (Phi) is 4.89. The molecule has 0 spiro atoms. The molecule has 2 aromatic rings. The maximum absolute atomic E-state index is 13.9. The second-order valence-corrected chi connectivity index (χ2v) is 6.81. The van der Waals surface area contributed by atoms with Crippen molar-refractivity contribution in [3.05, 3.63) is 65.0 Å². The van der Waals surface area contributed by atoms with Crippen LogP contribution in [0.2, 0.25) is 0 Å². The molecule has 4 nitrogen and oxygen atoms in total. The molecule has 5 heteroatoms. The topological polar surface area (TPSA) is 44.8 Å². The lowest BCUT2D eigenvalue weighted by Gasteiger charge is -2.28. The van der Waals surface area contributed by atoms with E-state index in [4.69, 9.17) is 14.2 Å². The largest absolute Gasteiger partial charge is 0.460 e. The van der Waals surface area contributed by atoms with Crippen molar-refractivity contribution in [3.8, 4) is 5.75 Å². The Balaban J connectivity index is 1.52. The van der Waals surface area contributed by atoms with Gasteiger partial charge in [0.15, 0.2) is 0 Å². The summed E-state index contributed by atoms with van der Waals surface area (Å²) in [6, 6.07) is 12.3. The third kappa shape index (κ3) is 3.58. The Morgan fingerprint density at radius 1 is 1.15 bits per heavy atom. The minimum absolute atomic E-state index is 0.0108. The number of carbonyl (C=O) groups excluding carboxylic acids is 1. The molecule has 1 saturated carbocycles. The molecule has 0 N–H and O–H groups in total. The first-order valence-electron chi connectivity index (χ1n) is 9.02. The normalized spacial score (nSPS) is 19.7. The van der Waals surface area contributed by atoms with Crippen LogP contribution in [0.1, 0.15) is 48.7 Å². The fraction of sp³-hybridized carbons (Fsp3) is 0.381. The number of hydrogen-bond donors (Lipinski definition) is 0. The first kappa shape index (κ1) is 17.0. The number of ether oxygens (including phenoxy) is 3. The predicted molar refractivity (Wildman–Crippen MR) is 92.8 cm³/mol. The van der Waals surface area contributed by atoms with E-state index in [1.165, 1.54) is 12.1 Å². The number of halogens is 1. The zero-order valence-corrected chi connectivity index (χ0v) is 14.4. The summed E-state index contributed by atoms with van der Waals surface area (Å²) in [4.78, 5) is 12.2. The van der Waals surface area contributed by atoms with Crippen LogP contribution in [0, 0.1) is 11.7 Å². The predicted octanol–water partition coefficient (Wildman–Crippen LogP) is 4.67. The van der Waals surface area contributed by atoms with Gasteiger partial charge in [-0.25, -0.2) is 4.39 Å². The molecular formula is C21H21FO4. The first-order valence-corrected chi connectivity index (χ1v) is 9.02.